The van der Waals surface area contributed by atoms with E-state index < -0.39 is 5.60 Å². The molecule has 5 heteroatoms. The predicted molar refractivity (Wildman–Crippen MR) is 81.1 cm³/mol. The van der Waals surface area contributed by atoms with Crippen molar-refractivity contribution in [3.8, 4) is 5.75 Å². The quantitative estimate of drug-likeness (QED) is 0.797. The molecule has 0 spiro atoms. The highest BCUT2D eigenvalue weighted by atomic mass is 16.6. The molecule has 5 nitrogen and oxygen atoms in total. The molecule has 1 aliphatic rings. The Labute approximate surface area is 125 Å². The Kier molecular flexibility index (Phi) is 4.73. The van der Waals surface area contributed by atoms with Crippen LogP contribution in [0.5, 0.6) is 5.75 Å². The Hall–Kier alpha value is -1.75. The molecule has 1 amide bonds. The molecular formula is C16H24N2O3. The standard InChI is InChI=1S/C16H24N2O3/c1-16(2,3)21-15(20)18-13-8-12(9-13)17-10-11-5-4-6-14(19)7-11/h4-7,12-13,17,19H,8-10H2,1-3H3,(H,18,20). The number of phenols is 1. The molecule has 0 unspecified atom stereocenters. The fourth-order valence-electron chi connectivity index (χ4n) is 2.31. The molecule has 3 N–H and O–H groups in total. The van der Waals surface area contributed by atoms with Crippen LogP contribution in [0.1, 0.15) is 39.2 Å². The van der Waals surface area contributed by atoms with Gasteiger partial charge in [0, 0.05) is 18.6 Å². The van der Waals surface area contributed by atoms with Gasteiger partial charge >= 0.3 is 6.09 Å². The van der Waals surface area contributed by atoms with Gasteiger partial charge in [0.05, 0.1) is 0 Å². The van der Waals surface area contributed by atoms with E-state index in [0.29, 0.717) is 6.04 Å². The van der Waals surface area contributed by atoms with Crippen LogP contribution in [0.4, 0.5) is 4.79 Å². The lowest BCUT2D eigenvalue weighted by molar-refractivity contribution is 0.0465. The zero-order valence-electron chi connectivity index (χ0n) is 12.8. The summed E-state index contributed by atoms with van der Waals surface area (Å²) in [7, 11) is 0. The van der Waals surface area contributed by atoms with E-state index in [0.717, 1.165) is 24.9 Å². The highest BCUT2D eigenvalue weighted by Gasteiger charge is 2.31. The van der Waals surface area contributed by atoms with Crippen LogP contribution < -0.4 is 10.6 Å². The molecule has 0 radical (unpaired) electrons. The zero-order chi connectivity index (χ0) is 15.5. The van der Waals surface area contributed by atoms with Gasteiger partial charge in [0.15, 0.2) is 0 Å². The average molecular weight is 292 g/mol. The van der Waals surface area contributed by atoms with Crippen molar-refractivity contribution < 1.29 is 14.6 Å². The number of benzene rings is 1. The fraction of sp³-hybridized carbons (Fsp3) is 0.562. The van der Waals surface area contributed by atoms with Gasteiger partial charge in [0.2, 0.25) is 0 Å². The topological polar surface area (TPSA) is 70.6 Å². The summed E-state index contributed by atoms with van der Waals surface area (Å²) in [5.74, 6) is 0.285. The van der Waals surface area contributed by atoms with Gasteiger partial charge in [-0.3, -0.25) is 0 Å². The normalized spacial score (nSPS) is 21.5. The lowest BCUT2D eigenvalue weighted by Crippen LogP contribution is -2.52. The lowest BCUT2D eigenvalue weighted by atomic mass is 9.87. The molecule has 0 aromatic heterocycles. The van der Waals surface area contributed by atoms with Crippen molar-refractivity contribution in [2.24, 2.45) is 0 Å². The van der Waals surface area contributed by atoms with E-state index >= 15 is 0 Å². The summed E-state index contributed by atoms with van der Waals surface area (Å²) >= 11 is 0. The maximum Gasteiger partial charge on any atom is 0.407 e. The van der Waals surface area contributed by atoms with Crippen LogP contribution in [0.25, 0.3) is 0 Å². The molecule has 0 aliphatic heterocycles. The third-order valence-corrected chi connectivity index (χ3v) is 3.36. The first-order chi connectivity index (χ1) is 9.82. The molecule has 0 atom stereocenters. The maximum absolute atomic E-state index is 11.6. The summed E-state index contributed by atoms with van der Waals surface area (Å²) in [6, 6.07) is 7.80. The molecule has 1 aliphatic carbocycles. The van der Waals surface area contributed by atoms with E-state index in [4.69, 9.17) is 4.74 Å². The van der Waals surface area contributed by atoms with Gasteiger partial charge in [-0.1, -0.05) is 12.1 Å². The molecule has 0 saturated heterocycles. The van der Waals surface area contributed by atoms with Crippen LogP contribution in [0.3, 0.4) is 0 Å². The minimum absolute atomic E-state index is 0.182. The second kappa shape index (κ2) is 6.35. The summed E-state index contributed by atoms with van der Waals surface area (Å²) in [6.07, 6.45) is 1.45. The van der Waals surface area contributed by atoms with Crippen molar-refractivity contribution >= 4 is 6.09 Å². The van der Waals surface area contributed by atoms with E-state index in [-0.39, 0.29) is 17.9 Å². The largest absolute Gasteiger partial charge is 0.508 e. The predicted octanol–water partition coefficient (Wildman–Crippen LogP) is 2.54. The van der Waals surface area contributed by atoms with E-state index in [9.17, 15) is 9.90 Å². The molecule has 1 saturated carbocycles. The summed E-state index contributed by atoms with van der Waals surface area (Å²) in [5.41, 5.74) is 0.597. The molecular weight excluding hydrogens is 268 g/mol. The lowest BCUT2D eigenvalue weighted by Gasteiger charge is -2.36. The van der Waals surface area contributed by atoms with Crippen molar-refractivity contribution in [1.29, 1.82) is 0 Å². The molecule has 0 heterocycles. The Morgan fingerprint density at radius 1 is 1.33 bits per heavy atom. The summed E-state index contributed by atoms with van der Waals surface area (Å²) in [6.45, 7) is 6.28. The first-order valence-electron chi connectivity index (χ1n) is 7.32. The number of phenolic OH excluding ortho intramolecular Hbond substituents is 1. The van der Waals surface area contributed by atoms with Crippen LogP contribution in [-0.2, 0) is 11.3 Å². The summed E-state index contributed by atoms with van der Waals surface area (Å²) in [4.78, 5) is 11.6. The van der Waals surface area contributed by atoms with Gasteiger partial charge in [0.1, 0.15) is 11.4 Å². The van der Waals surface area contributed by atoms with E-state index in [1.165, 1.54) is 0 Å². The number of rotatable bonds is 4. The number of hydrogen-bond donors (Lipinski definition) is 3. The van der Waals surface area contributed by atoms with Crippen LogP contribution >= 0.6 is 0 Å². The summed E-state index contributed by atoms with van der Waals surface area (Å²) in [5, 5.41) is 15.7. The van der Waals surface area contributed by atoms with Gasteiger partial charge in [-0.2, -0.15) is 0 Å². The highest BCUT2D eigenvalue weighted by molar-refractivity contribution is 5.68. The van der Waals surface area contributed by atoms with Crippen LogP contribution in [-0.4, -0.2) is 28.9 Å². The number of carbonyl (C=O) groups excluding carboxylic acids is 1. The van der Waals surface area contributed by atoms with Crippen LogP contribution in [0.15, 0.2) is 24.3 Å². The van der Waals surface area contributed by atoms with Gasteiger partial charge in [0.25, 0.3) is 0 Å². The van der Waals surface area contributed by atoms with Crippen molar-refractivity contribution in [3.63, 3.8) is 0 Å². The van der Waals surface area contributed by atoms with E-state index in [1.54, 1.807) is 12.1 Å². The van der Waals surface area contributed by atoms with Crippen molar-refractivity contribution in [2.45, 2.75) is 57.8 Å². The van der Waals surface area contributed by atoms with Gasteiger partial charge in [-0.15, -0.1) is 0 Å². The van der Waals surface area contributed by atoms with E-state index in [1.807, 2.05) is 32.9 Å². The van der Waals surface area contributed by atoms with Crippen molar-refractivity contribution in [3.05, 3.63) is 29.8 Å². The SMILES string of the molecule is CC(C)(C)OC(=O)NC1CC(NCc2cccc(O)c2)C1. The highest BCUT2D eigenvalue weighted by Crippen LogP contribution is 2.21. The smallest absolute Gasteiger partial charge is 0.407 e. The first-order valence-corrected chi connectivity index (χ1v) is 7.32. The number of ether oxygens (including phenoxy) is 1. The average Bonchev–Trinajstić information content (AvgIpc) is 2.29. The van der Waals surface area contributed by atoms with Crippen molar-refractivity contribution in [2.75, 3.05) is 0 Å². The minimum atomic E-state index is -0.458. The first kappa shape index (κ1) is 15.6. The number of alkyl carbamates (subject to hydrolysis) is 1. The second-order valence-corrected chi connectivity index (χ2v) is 6.56. The van der Waals surface area contributed by atoms with Crippen LogP contribution in [0.2, 0.25) is 0 Å². The number of amides is 1. The third-order valence-electron chi connectivity index (χ3n) is 3.36. The van der Waals surface area contributed by atoms with E-state index in [2.05, 4.69) is 10.6 Å². The summed E-state index contributed by atoms with van der Waals surface area (Å²) < 4.78 is 5.22. The van der Waals surface area contributed by atoms with Gasteiger partial charge in [-0.05, 0) is 51.3 Å². The van der Waals surface area contributed by atoms with Gasteiger partial charge < -0.3 is 20.5 Å². The Balaban J connectivity index is 1.64. The number of carbonyl (C=O) groups is 1. The maximum atomic E-state index is 11.6. The minimum Gasteiger partial charge on any atom is -0.508 e. The van der Waals surface area contributed by atoms with Crippen LogP contribution in [0, 0.1) is 0 Å². The molecule has 1 aromatic rings. The Morgan fingerprint density at radius 3 is 2.67 bits per heavy atom. The second-order valence-electron chi connectivity index (χ2n) is 6.56. The third kappa shape index (κ3) is 5.27. The fourth-order valence-corrected chi connectivity index (χ4v) is 2.31. The molecule has 0 bridgehead atoms. The molecule has 1 aromatic carbocycles. The van der Waals surface area contributed by atoms with Gasteiger partial charge in [-0.25, -0.2) is 4.79 Å². The Bertz CT molecular complexity index is 491. The number of aromatic hydroxyl groups is 1. The molecule has 1 fully saturated rings. The number of nitrogens with one attached hydrogen (secondary N) is 2. The monoisotopic (exact) mass is 292 g/mol. The van der Waals surface area contributed by atoms with Crippen molar-refractivity contribution in [1.82, 2.24) is 10.6 Å². The number of hydrogen-bond acceptors (Lipinski definition) is 4. The molecule has 21 heavy (non-hydrogen) atoms. The Morgan fingerprint density at radius 2 is 2.05 bits per heavy atom. The zero-order valence-corrected chi connectivity index (χ0v) is 12.8. The molecule has 2 rings (SSSR count). The molecule has 116 valence electrons.